The minimum Gasteiger partial charge on any atom is -0.312 e. The van der Waals surface area contributed by atoms with Crippen molar-refractivity contribution < 1.29 is 0 Å². The highest BCUT2D eigenvalue weighted by atomic mass is 15.0. The maximum atomic E-state index is 3.69. The van der Waals surface area contributed by atoms with Crippen LogP contribution >= 0.6 is 0 Å². The van der Waals surface area contributed by atoms with Gasteiger partial charge in [-0.2, -0.15) is 0 Å². The molecule has 0 heterocycles. The largest absolute Gasteiger partial charge is 0.312 e. The summed E-state index contributed by atoms with van der Waals surface area (Å²) >= 11 is 0. The number of hydrogen-bond donors (Lipinski definition) is 1. The molecule has 2 rings (SSSR count). The maximum absolute atomic E-state index is 3.69. The molecule has 0 amide bonds. The molecule has 2 aliphatic carbocycles. The molecule has 2 atom stereocenters. The molecule has 0 aliphatic heterocycles. The zero-order valence-electron chi connectivity index (χ0n) is 11.8. The Hall–Kier alpha value is -0.0400. The van der Waals surface area contributed by atoms with E-state index in [2.05, 4.69) is 39.9 Å². The van der Waals surface area contributed by atoms with Crippen molar-refractivity contribution in [3.8, 4) is 0 Å². The summed E-state index contributed by atoms with van der Waals surface area (Å²) < 4.78 is 0. The fraction of sp³-hybridized carbons (Fsp3) is 1.00. The predicted octanol–water partition coefficient (Wildman–Crippen LogP) is 3.98. The van der Waals surface area contributed by atoms with E-state index < -0.39 is 0 Å². The predicted molar refractivity (Wildman–Crippen MR) is 70.5 cm³/mol. The molecule has 0 aromatic heterocycles. The van der Waals surface area contributed by atoms with Gasteiger partial charge in [0.15, 0.2) is 0 Å². The first kappa shape index (κ1) is 12.4. The van der Waals surface area contributed by atoms with E-state index in [9.17, 15) is 0 Å². The van der Waals surface area contributed by atoms with Crippen LogP contribution in [0.25, 0.3) is 0 Å². The van der Waals surface area contributed by atoms with Gasteiger partial charge in [0.1, 0.15) is 0 Å². The minimum absolute atomic E-state index is 0.280. The molecule has 1 spiro atoms. The van der Waals surface area contributed by atoms with Gasteiger partial charge in [0, 0.05) is 5.54 Å². The minimum atomic E-state index is 0.280. The molecule has 2 aliphatic rings. The Morgan fingerprint density at radius 3 is 2.31 bits per heavy atom. The van der Waals surface area contributed by atoms with Crippen LogP contribution in [-0.4, -0.2) is 12.1 Å². The second-order valence-corrected chi connectivity index (χ2v) is 7.78. The molecule has 0 saturated heterocycles. The van der Waals surface area contributed by atoms with Gasteiger partial charge in [-0.25, -0.2) is 0 Å². The van der Waals surface area contributed by atoms with E-state index in [4.69, 9.17) is 0 Å². The van der Waals surface area contributed by atoms with Crippen LogP contribution < -0.4 is 5.32 Å². The van der Waals surface area contributed by atoms with Crippen molar-refractivity contribution in [2.45, 2.75) is 72.3 Å². The lowest BCUT2D eigenvalue weighted by atomic mass is 9.65. The van der Waals surface area contributed by atoms with Crippen molar-refractivity contribution in [1.82, 2.24) is 5.32 Å². The summed E-state index contributed by atoms with van der Waals surface area (Å²) in [5.41, 5.74) is 1.57. The van der Waals surface area contributed by atoms with Crippen LogP contribution in [0.3, 0.4) is 0 Å². The van der Waals surface area contributed by atoms with Crippen LogP contribution in [0, 0.1) is 16.7 Å². The summed E-state index contributed by atoms with van der Waals surface area (Å²) in [5.74, 6) is 0.946. The second-order valence-electron chi connectivity index (χ2n) is 7.78. The zero-order valence-corrected chi connectivity index (χ0v) is 11.8. The highest BCUT2D eigenvalue weighted by Gasteiger charge is 2.62. The summed E-state index contributed by atoms with van der Waals surface area (Å²) in [7, 11) is 0. The monoisotopic (exact) mass is 223 g/mol. The van der Waals surface area contributed by atoms with Gasteiger partial charge in [-0.15, -0.1) is 0 Å². The molecule has 2 unspecified atom stereocenters. The van der Waals surface area contributed by atoms with E-state index in [1.165, 1.54) is 38.6 Å². The van der Waals surface area contributed by atoms with Crippen molar-refractivity contribution in [3.05, 3.63) is 0 Å². The quantitative estimate of drug-likeness (QED) is 0.746. The highest BCUT2D eigenvalue weighted by Crippen LogP contribution is 2.69. The average Bonchev–Trinajstić information content (AvgIpc) is 2.82. The van der Waals surface area contributed by atoms with Crippen molar-refractivity contribution in [3.63, 3.8) is 0 Å². The van der Waals surface area contributed by atoms with Gasteiger partial charge >= 0.3 is 0 Å². The van der Waals surface area contributed by atoms with E-state index in [0.29, 0.717) is 10.8 Å². The number of hydrogen-bond acceptors (Lipinski definition) is 1. The Morgan fingerprint density at radius 1 is 1.12 bits per heavy atom. The number of rotatable bonds is 2. The van der Waals surface area contributed by atoms with Gasteiger partial charge in [-0.3, -0.25) is 0 Å². The summed E-state index contributed by atoms with van der Waals surface area (Å²) in [6.45, 7) is 13.1. The summed E-state index contributed by atoms with van der Waals surface area (Å²) in [6.07, 6.45) is 7.32. The molecule has 2 fully saturated rings. The summed E-state index contributed by atoms with van der Waals surface area (Å²) in [5, 5.41) is 3.69. The van der Waals surface area contributed by atoms with E-state index in [1.807, 2.05) is 0 Å². The van der Waals surface area contributed by atoms with Gasteiger partial charge in [0.2, 0.25) is 0 Å². The van der Waals surface area contributed by atoms with Gasteiger partial charge in [-0.1, -0.05) is 26.7 Å². The zero-order chi connectivity index (χ0) is 12.0. The topological polar surface area (TPSA) is 12.0 Å². The Kier molecular flexibility index (Phi) is 2.89. The third kappa shape index (κ3) is 2.16. The Balaban J connectivity index is 1.92. The smallest absolute Gasteiger partial charge is 0.00966 e. The van der Waals surface area contributed by atoms with E-state index in [1.54, 1.807) is 0 Å². The van der Waals surface area contributed by atoms with E-state index in [-0.39, 0.29) is 5.54 Å². The molecular formula is C15H29N. The molecule has 1 heteroatoms. The molecule has 94 valence electrons. The normalized spacial score (nSPS) is 37.7. The Labute approximate surface area is 101 Å². The maximum Gasteiger partial charge on any atom is 0.00966 e. The first-order valence-corrected chi connectivity index (χ1v) is 7.02. The van der Waals surface area contributed by atoms with Crippen LogP contribution in [0.2, 0.25) is 0 Å². The molecular weight excluding hydrogens is 194 g/mol. The lowest BCUT2D eigenvalue weighted by molar-refractivity contribution is 0.0968. The first-order valence-electron chi connectivity index (χ1n) is 7.02. The van der Waals surface area contributed by atoms with Crippen LogP contribution in [0.15, 0.2) is 0 Å². The molecule has 1 N–H and O–H groups in total. The van der Waals surface area contributed by atoms with Crippen LogP contribution in [0.1, 0.15) is 66.7 Å². The van der Waals surface area contributed by atoms with E-state index in [0.717, 1.165) is 5.92 Å². The molecule has 0 radical (unpaired) electrons. The Bertz CT molecular complexity index is 261. The van der Waals surface area contributed by atoms with Gasteiger partial charge < -0.3 is 5.32 Å². The first-order chi connectivity index (χ1) is 7.27. The molecule has 0 aromatic carbocycles. The highest BCUT2D eigenvalue weighted by molar-refractivity contribution is 5.12. The molecule has 1 nitrogen and oxygen atoms in total. The Morgan fingerprint density at radius 2 is 1.75 bits per heavy atom. The van der Waals surface area contributed by atoms with Crippen LogP contribution in [0.4, 0.5) is 0 Å². The van der Waals surface area contributed by atoms with E-state index >= 15 is 0 Å². The molecule has 0 bridgehead atoms. The lowest BCUT2D eigenvalue weighted by Crippen LogP contribution is -2.39. The summed E-state index contributed by atoms with van der Waals surface area (Å²) in [6, 6.07) is 0. The van der Waals surface area contributed by atoms with Gasteiger partial charge in [-0.05, 0) is 63.3 Å². The average molecular weight is 223 g/mol. The molecule has 2 saturated carbocycles. The number of nitrogens with one attached hydrogen (secondary N) is 1. The fourth-order valence-electron chi connectivity index (χ4n) is 3.81. The third-order valence-corrected chi connectivity index (χ3v) is 5.13. The fourth-order valence-corrected chi connectivity index (χ4v) is 3.81. The van der Waals surface area contributed by atoms with Gasteiger partial charge in [0.05, 0.1) is 0 Å². The second kappa shape index (κ2) is 3.73. The van der Waals surface area contributed by atoms with Crippen molar-refractivity contribution in [1.29, 1.82) is 0 Å². The lowest BCUT2D eigenvalue weighted by Gasteiger charge is -2.41. The molecule has 0 aromatic rings. The molecule has 16 heavy (non-hydrogen) atoms. The summed E-state index contributed by atoms with van der Waals surface area (Å²) in [4.78, 5) is 0. The standard InChI is InChI=1S/C15H29N/c1-13(2,3)16-11-12-10-15(12)9-7-6-8-14(15,4)5/h12,16H,6-11H2,1-5H3. The van der Waals surface area contributed by atoms with Crippen molar-refractivity contribution in [2.75, 3.05) is 6.54 Å². The van der Waals surface area contributed by atoms with Crippen LogP contribution in [0.5, 0.6) is 0 Å². The van der Waals surface area contributed by atoms with Gasteiger partial charge in [0.25, 0.3) is 0 Å². The van der Waals surface area contributed by atoms with Crippen molar-refractivity contribution >= 4 is 0 Å². The SMILES string of the molecule is CC(C)(C)NCC1CC12CCCCC2(C)C. The third-order valence-electron chi connectivity index (χ3n) is 5.13. The van der Waals surface area contributed by atoms with Crippen molar-refractivity contribution in [2.24, 2.45) is 16.7 Å². The van der Waals surface area contributed by atoms with Crippen LogP contribution in [-0.2, 0) is 0 Å².